The standard InChI is InChI=1S/C12H20N2O/c1-9(2)11-8-15-12(14-11)7-10-3-5-13-6-4-10/h8-10,13H,3-7H2,1-2H3. The Morgan fingerprint density at radius 1 is 1.47 bits per heavy atom. The second-order valence-electron chi connectivity index (χ2n) is 4.72. The lowest BCUT2D eigenvalue weighted by Crippen LogP contribution is -2.28. The smallest absolute Gasteiger partial charge is 0.194 e. The topological polar surface area (TPSA) is 38.1 Å². The van der Waals surface area contributed by atoms with Crippen LogP contribution in [0.2, 0.25) is 0 Å². The van der Waals surface area contributed by atoms with Crippen molar-refractivity contribution in [3.63, 3.8) is 0 Å². The van der Waals surface area contributed by atoms with Crippen LogP contribution in [0.3, 0.4) is 0 Å². The molecule has 1 saturated heterocycles. The van der Waals surface area contributed by atoms with E-state index < -0.39 is 0 Å². The van der Waals surface area contributed by atoms with E-state index in [1.165, 1.54) is 12.8 Å². The van der Waals surface area contributed by atoms with Crippen LogP contribution in [-0.4, -0.2) is 18.1 Å². The van der Waals surface area contributed by atoms with Crippen LogP contribution >= 0.6 is 0 Å². The molecule has 0 aromatic carbocycles. The first-order valence-electron chi connectivity index (χ1n) is 5.90. The van der Waals surface area contributed by atoms with Crippen molar-refractivity contribution >= 4 is 0 Å². The van der Waals surface area contributed by atoms with Gasteiger partial charge < -0.3 is 9.73 Å². The Morgan fingerprint density at radius 2 is 2.20 bits per heavy atom. The number of oxazole rings is 1. The third-order valence-corrected chi connectivity index (χ3v) is 3.08. The van der Waals surface area contributed by atoms with E-state index in [1.807, 2.05) is 0 Å². The van der Waals surface area contributed by atoms with Crippen molar-refractivity contribution in [2.24, 2.45) is 5.92 Å². The fourth-order valence-corrected chi connectivity index (χ4v) is 2.02. The summed E-state index contributed by atoms with van der Waals surface area (Å²) < 4.78 is 5.50. The third kappa shape index (κ3) is 2.81. The van der Waals surface area contributed by atoms with Crippen molar-refractivity contribution < 1.29 is 4.42 Å². The van der Waals surface area contributed by atoms with Gasteiger partial charge in [0.05, 0.1) is 5.69 Å². The lowest BCUT2D eigenvalue weighted by atomic mass is 9.95. The predicted molar refractivity (Wildman–Crippen MR) is 59.9 cm³/mol. The van der Waals surface area contributed by atoms with Crippen LogP contribution in [0.4, 0.5) is 0 Å². The molecule has 1 aromatic heterocycles. The molecule has 2 heterocycles. The van der Waals surface area contributed by atoms with Gasteiger partial charge in [-0.2, -0.15) is 0 Å². The van der Waals surface area contributed by atoms with E-state index in [2.05, 4.69) is 24.1 Å². The first kappa shape index (κ1) is 10.7. The van der Waals surface area contributed by atoms with E-state index in [-0.39, 0.29) is 0 Å². The molecule has 15 heavy (non-hydrogen) atoms. The van der Waals surface area contributed by atoms with Gasteiger partial charge in [-0.25, -0.2) is 4.98 Å². The molecule has 0 radical (unpaired) electrons. The highest BCUT2D eigenvalue weighted by Gasteiger charge is 2.16. The molecule has 1 aliphatic heterocycles. The summed E-state index contributed by atoms with van der Waals surface area (Å²) in [6.07, 6.45) is 5.31. The zero-order valence-corrected chi connectivity index (χ0v) is 9.62. The van der Waals surface area contributed by atoms with E-state index >= 15 is 0 Å². The van der Waals surface area contributed by atoms with Gasteiger partial charge in [-0.05, 0) is 37.8 Å². The largest absolute Gasteiger partial charge is 0.449 e. The number of aromatic nitrogens is 1. The monoisotopic (exact) mass is 208 g/mol. The van der Waals surface area contributed by atoms with Crippen molar-refractivity contribution in [1.29, 1.82) is 0 Å². The van der Waals surface area contributed by atoms with Crippen LogP contribution in [0, 0.1) is 5.92 Å². The van der Waals surface area contributed by atoms with Gasteiger partial charge in [0.1, 0.15) is 6.26 Å². The average molecular weight is 208 g/mol. The summed E-state index contributed by atoms with van der Waals surface area (Å²) in [4.78, 5) is 4.52. The molecule has 3 nitrogen and oxygen atoms in total. The minimum Gasteiger partial charge on any atom is -0.449 e. The molecule has 2 rings (SSSR count). The van der Waals surface area contributed by atoms with Gasteiger partial charge >= 0.3 is 0 Å². The van der Waals surface area contributed by atoms with Gasteiger partial charge in [0.2, 0.25) is 0 Å². The number of rotatable bonds is 3. The van der Waals surface area contributed by atoms with E-state index in [0.29, 0.717) is 5.92 Å². The number of piperidine rings is 1. The first-order valence-corrected chi connectivity index (χ1v) is 5.90. The van der Waals surface area contributed by atoms with Gasteiger partial charge in [-0.15, -0.1) is 0 Å². The molecule has 3 heteroatoms. The van der Waals surface area contributed by atoms with E-state index in [1.54, 1.807) is 6.26 Å². The number of hydrogen-bond acceptors (Lipinski definition) is 3. The minimum absolute atomic E-state index is 0.468. The molecule has 0 unspecified atom stereocenters. The van der Waals surface area contributed by atoms with Gasteiger partial charge in [-0.3, -0.25) is 0 Å². The summed E-state index contributed by atoms with van der Waals surface area (Å²) in [7, 11) is 0. The summed E-state index contributed by atoms with van der Waals surface area (Å²) in [6.45, 7) is 6.57. The van der Waals surface area contributed by atoms with Crippen molar-refractivity contribution in [2.75, 3.05) is 13.1 Å². The zero-order valence-electron chi connectivity index (χ0n) is 9.62. The Morgan fingerprint density at radius 3 is 2.80 bits per heavy atom. The zero-order chi connectivity index (χ0) is 10.7. The summed E-state index contributed by atoms with van der Waals surface area (Å²) >= 11 is 0. The maximum absolute atomic E-state index is 5.50. The highest BCUT2D eigenvalue weighted by molar-refractivity contribution is 5.02. The molecule has 0 amide bonds. The third-order valence-electron chi connectivity index (χ3n) is 3.08. The summed E-state index contributed by atoms with van der Waals surface area (Å²) in [5.41, 5.74) is 1.08. The van der Waals surface area contributed by atoms with Crippen LogP contribution < -0.4 is 5.32 Å². The first-order chi connectivity index (χ1) is 7.25. The highest BCUT2D eigenvalue weighted by atomic mass is 16.3. The van der Waals surface area contributed by atoms with E-state index in [4.69, 9.17) is 4.42 Å². The number of hydrogen-bond donors (Lipinski definition) is 1. The SMILES string of the molecule is CC(C)c1coc(CC2CCNCC2)n1. The highest BCUT2D eigenvalue weighted by Crippen LogP contribution is 2.19. The van der Waals surface area contributed by atoms with Crippen LogP contribution in [0.5, 0.6) is 0 Å². The average Bonchev–Trinajstić information content (AvgIpc) is 2.68. The number of nitrogens with one attached hydrogen (secondary N) is 1. The fourth-order valence-electron chi connectivity index (χ4n) is 2.02. The molecule has 0 spiro atoms. The van der Waals surface area contributed by atoms with Crippen molar-refractivity contribution in [3.8, 4) is 0 Å². The molecule has 0 atom stereocenters. The number of nitrogens with zero attached hydrogens (tertiary/aromatic N) is 1. The maximum Gasteiger partial charge on any atom is 0.194 e. The Balaban J connectivity index is 1.91. The normalized spacial score (nSPS) is 18.6. The summed E-state index contributed by atoms with van der Waals surface area (Å²) in [6, 6.07) is 0. The Hall–Kier alpha value is -0.830. The van der Waals surface area contributed by atoms with Crippen LogP contribution in [0.1, 0.15) is 44.2 Å². The van der Waals surface area contributed by atoms with E-state index in [0.717, 1.165) is 37.0 Å². The van der Waals surface area contributed by atoms with Crippen LogP contribution in [0.25, 0.3) is 0 Å². The van der Waals surface area contributed by atoms with Crippen LogP contribution in [0.15, 0.2) is 10.7 Å². The van der Waals surface area contributed by atoms with Gasteiger partial charge in [0.25, 0.3) is 0 Å². The quantitative estimate of drug-likeness (QED) is 0.828. The second kappa shape index (κ2) is 4.79. The lowest BCUT2D eigenvalue weighted by Gasteiger charge is -2.20. The predicted octanol–water partition coefficient (Wildman–Crippen LogP) is 2.34. The Bertz CT molecular complexity index is 300. The summed E-state index contributed by atoms with van der Waals surface area (Å²) in [5, 5.41) is 3.37. The van der Waals surface area contributed by atoms with Crippen LogP contribution in [-0.2, 0) is 6.42 Å². The van der Waals surface area contributed by atoms with E-state index in [9.17, 15) is 0 Å². The van der Waals surface area contributed by atoms with Crippen molar-refractivity contribution in [3.05, 3.63) is 17.8 Å². The fraction of sp³-hybridized carbons (Fsp3) is 0.750. The molecule has 1 fully saturated rings. The molecule has 0 saturated carbocycles. The molecule has 1 aromatic rings. The van der Waals surface area contributed by atoms with Gasteiger partial charge in [0, 0.05) is 6.42 Å². The lowest BCUT2D eigenvalue weighted by molar-refractivity contribution is 0.341. The molecular weight excluding hydrogens is 188 g/mol. The maximum atomic E-state index is 5.50. The molecule has 1 aliphatic rings. The molecule has 84 valence electrons. The van der Waals surface area contributed by atoms with Gasteiger partial charge in [-0.1, -0.05) is 13.8 Å². The minimum atomic E-state index is 0.468. The molecular formula is C12H20N2O. The molecule has 1 N–H and O–H groups in total. The van der Waals surface area contributed by atoms with Gasteiger partial charge in [0.15, 0.2) is 5.89 Å². The summed E-state index contributed by atoms with van der Waals surface area (Å²) in [5.74, 6) is 2.14. The molecule has 0 aliphatic carbocycles. The Kier molecular flexibility index (Phi) is 3.41. The van der Waals surface area contributed by atoms with Crippen molar-refractivity contribution in [1.82, 2.24) is 10.3 Å². The Labute approximate surface area is 91.3 Å². The van der Waals surface area contributed by atoms with Crippen molar-refractivity contribution in [2.45, 2.75) is 39.0 Å². The second-order valence-corrected chi connectivity index (χ2v) is 4.72. The molecule has 0 bridgehead atoms.